The molecular formula is C19H23NO3. The van der Waals surface area contributed by atoms with E-state index in [2.05, 4.69) is 5.32 Å². The number of benzene rings is 2. The van der Waals surface area contributed by atoms with E-state index in [0.29, 0.717) is 6.61 Å². The standard InChI is InChI=1S/C19H23NO3/c1-3-23-17-11-7-10-16(12-17)14(2)20-19(22)13-18(21)15-8-5-4-6-9-15/h4-12,14,18,21H,3,13H2,1-2H3,(H,20,22). The maximum atomic E-state index is 12.1. The summed E-state index contributed by atoms with van der Waals surface area (Å²) in [6, 6.07) is 16.7. The number of aliphatic hydroxyl groups is 1. The van der Waals surface area contributed by atoms with Crippen molar-refractivity contribution in [2.45, 2.75) is 32.4 Å². The zero-order chi connectivity index (χ0) is 16.7. The molecule has 0 saturated heterocycles. The minimum atomic E-state index is -0.793. The van der Waals surface area contributed by atoms with Crippen molar-refractivity contribution in [3.05, 3.63) is 65.7 Å². The summed E-state index contributed by atoms with van der Waals surface area (Å²) in [7, 11) is 0. The molecule has 0 spiro atoms. The largest absolute Gasteiger partial charge is 0.494 e. The van der Waals surface area contributed by atoms with Crippen molar-refractivity contribution in [1.29, 1.82) is 0 Å². The Morgan fingerprint density at radius 3 is 2.52 bits per heavy atom. The Hall–Kier alpha value is -2.33. The fourth-order valence-corrected chi connectivity index (χ4v) is 2.39. The summed E-state index contributed by atoms with van der Waals surface area (Å²) < 4.78 is 5.47. The highest BCUT2D eigenvalue weighted by Gasteiger charge is 2.15. The molecule has 0 aliphatic rings. The molecule has 122 valence electrons. The Morgan fingerprint density at radius 1 is 1.13 bits per heavy atom. The smallest absolute Gasteiger partial charge is 0.223 e. The lowest BCUT2D eigenvalue weighted by molar-refractivity contribution is -0.123. The first kappa shape index (κ1) is 17.0. The average Bonchev–Trinajstić information content (AvgIpc) is 2.56. The quantitative estimate of drug-likeness (QED) is 0.824. The number of rotatable bonds is 7. The maximum Gasteiger partial charge on any atom is 0.223 e. The van der Waals surface area contributed by atoms with Gasteiger partial charge in [-0.3, -0.25) is 4.79 Å². The number of aliphatic hydroxyl groups excluding tert-OH is 1. The zero-order valence-electron chi connectivity index (χ0n) is 13.5. The van der Waals surface area contributed by atoms with Crippen molar-refractivity contribution >= 4 is 5.91 Å². The van der Waals surface area contributed by atoms with E-state index >= 15 is 0 Å². The first-order valence-electron chi connectivity index (χ1n) is 7.85. The first-order valence-corrected chi connectivity index (χ1v) is 7.85. The molecule has 2 aromatic carbocycles. The Morgan fingerprint density at radius 2 is 1.83 bits per heavy atom. The van der Waals surface area contributed by atoms with Crippen LogP contribution in [0.3, 0.4) is 0 Å². The van der Waals surface area contributed by atoms with Crippen molar-refractivity contribution in [3.63, 3.8) is 0 Å². The molecule has 23 heavy (non-hydrogen) atoms. The van der Waals surface area contributed by atoms with Crippen LogP contribution in [0.5, 0.6) is 5.75 Å². The van der Waals surface area contributed by atoms with Gasteiger partial charge in [0.25, 0.3) is 0 Å². The molecule has 4 nitrogen and oxygen atoms in total. The van der Waals surface area contributed by atoms with E-state index < -0.39 is 6.10 Å². The third-order valence-corrected chi connectivity index (χ3v) is 3.61. The fourth-order valence-electron chi connectivity index (χ4n) is 2.39. The topological polar surface area (TPSA) is 58.6 Å². The van der Waals surface area contributed by atoms with Gasteiger partial charge in [-0.15, -0.1) is 0 Å². The van der Waals surface area contributed by atoms with Gasteiger partial charge in [-0.25, -0.2) is 0 Å². The molecular weight excluding hydrogens is 290 g/mol. The van der Waals surface area contributed by atoms with Crippen LogP contribution in [0.1, 0.15) is 43.5 Å². The van der Waals surface area contributed by atoms with Crippen molar-refractivity contribution in [2.24, 2.45) is 0 Å². The van der Waals surface area contributed by atoms with Gasteiger partial charge in [0.2, 0.25) is 5.91 Å². The van der Waals surface area contributed by atoms with Gasteiger partial charge < -0.3 is 15.2 Å². The van der Waals surface area contributed by atoms with E-state index in [1.54, 1.807) is 0 Å². The van der Waals surface area contributed by atoms with E-state index in [1.807, 2.05) is 68.4 Å². The summed E-state index contributed by atoms with van der Waals surface area (Å²) in [6.07, 6.45) is -0.752. The molecule has 0 aromatic heterocycles. The molecule has 2 atom stereocenters. The number of ether oxygens (including phenoxy) is 1. The van der Waals surface area contributed by atoms with Crippen molar-refractivity contribution in [1.82, 2.24) is 5.32 Å². The van der Waals surface area contributed by atoms with Crippen LogP contribution in [0.2, 0.25) is 0 Å². The molecule has 0 heterocycles. The number of nitrogens with one attached hydrogen (secondary N) is 1. The van der Waals surface area contributed by atoms with Gasteiger partial charge >= 0.3 is 0 Å². The van der Waals surface area contributed by atoms with Gasteiger partial charge in [0.1, 0.15) is 5.75 Å². The molecule has 0 aliphatic carbocycles. The van der Waals surface area contributed by atoms with E-state index in [0.717, 1.165) is 16.9 Å². The summed E-state index contributed by atoms with van der Waals surface area (Å²) in [4.78, 5) is 12.1. The SMILES string of the molecule is CCOc1cccc(C(C)NC(=O)CC(O)c2ccccc2)c1. The summed E-state index contributed by atoms with van der Waals surface area (Å²) in [5, 5.41) is 13.0. The van der Waals surface area contributed by atoms with Crippen LogP contribution in [-0.2, 0) is 4.79 Å². The summed E-state index contributed by atoms with van der Waals surface area (Å²) in [5.74, 6) is 0.603. The minimum absolute atomic E-state index is 0.0412. The maximum absolute atomic E-state index is 12.1. The van der Waals surface area contributed by atoms with Crippen LogP contribution in [0.25, 0.3) is 0 Å². The molecule has 0 radical (unpaired) electrons. The molecule has 2 unspecified atom stereocenters. The number of hydrogen-bond acceptors (Lipinski definition) is 3. The van der Waals surface area contributed by atoms with Crippen LogP contribution in [0.15, 0.2) is 54.6 Å². The number of carbonyl (C=O) groups is 1. The van der Waals surface area contributed by atoms with E-state index in [-0.39, 0.29) is 18.4 Å². The second-order valence-electron chi connectivity index (χ2n) is 5.43. The monoisotopic (exact) mass is 313 g/mol. The second kappa shape index (κ2) is 8.34. The lowest BCUT2D eigenvalue weighted by Crippen LogP contribution is -2.28. The highest BCUT2D eigenvalue weighted by atomic mass is 16.5. The number of hydrogen-bond donors (Lipinski definition) is 2. The van der Waals surface area contributed by atoms with Gasteiger partial charge in [-0.1, -0.05) is 42.5 Å². The molecule has 0 saturated carbocycles. The van der Waals surface area contributed by atoms with Gasteiger partial charge in [0.05, 0.1) is 25.2 Å². The normalized spacial score (nSPS) is 13.2. The number of amides is 1. The molecule has 0 fully saturated rings. The predicted molar refractivity (Wildman–Crippen MR) is 90.2 cm³/mol. The van der Waals surface area contributed by atoms with Crippen molar-refractivity contribution < 1.29 is 14.6 Å². The molecule has 0 aliphatic heterocycles. The Balaban J connectivity index is 1.93. The van der Waals surface area contributed by atoms with Gasteiger partial charge in [-0.2, -0.15) is 0 Å². The molecule has 0 bridgehead atoms. The van der Waals surface area contributed by atoms with Crippen LogP contribution < -0.4 is 10.1 Å². The van der Waals surface area contributed by atoms with E-state index in [9.17, 15) is 9.90 Å². The lowest BCUT2D eigenvalue weighted by atomic mass is 10.1. The zero-order valence-corrected chi connectivity index (χ0v) is 13.5. The van der Waals surface area contributed by atoms with Crippen LogP contribution in [-0.4, -0.2) is 17.6 Å². The van der Waals surface area contributed by atoms with Crippen LogP contribution >= 0.6 is 0 Å². The first-order chi connectivity index (χ1) is 11.1. The van der Waals surface area contributed by atoms with E-state index in [1.165, 1.54) is 0 Å². The Bertz CT molecular complexity index is 628. The molecule has 2 rings (SSSR count). The molecule has 4 heteroatoms. The van der Waals surface area contributed by atoms with Crippen LogP contribution in [0.4, 0.5) is 0 Å². The van der Waals surface area contributed by atoms with Crippen molar-refractivity contribution in [2.75, 3.05) is 6.61 Å². The Labute approximate surface area is 137 Å². The summed E-state index contributed by atoms with van der Waals surface area (Å²) in [5.41, 5.74) is 1.71. The van der Waals surface area contributed by atoms with Gasteiger partial charge in [0, 0.05) is 0 Å². The summed E-state index contributed by atoms with van der Waals surface area (Å²) in [6.45, 7) is 4.45. The highest BCUT2D eigenvalue weighted by molar-refractivity contribution is 5.77. The number of carbonyl (C=O) groups excluding carboxylic acids is 1. The van der Waals surface area contributed by atoms with Gasteiger partial charge in [-0.05, 0) is 37.1 Å². The van der Waals surface area contributed by atoms with Crippen molar-refractivity contribution in [3.8, 4) is 5.75 Å². The molecule has 1 amide bonds. The fraction of sp³-hybridized carbons (Fsp3) is 0.316. The average molecular weight is 313 g/mol. The molecule has 2 aromatic rings. The highest BCUT2D eigenvalue weighted by Crippen LogP contribution is 2.20. The van der Waals surface area contributed by atoms with Crippen LogP contribution in [0, 0.1) is 0 Å². The minimum Gasteiger partial charge on any atom is -0.494 e. The second-order valence-corrected chi connectivity index (χ2v) is 5.43. The predicted octanol–water partition coefficient (Wildman–Crippen LogP) is 3.39. The third-order valence-electron chi connectivity index (χ3n) is 3.61. The molecule has 2 N–H and O–H groups in total. The third kappa shape index (κ3) is 5.11. The summed E-state index contributed by atoms with van der Waals surface area (Å²) >= 11 is 0. The van der Waals surface area contributed by atoms with E-state index in [4.69, 9.17) is 4.74 Å². The van der Waals surface area contributed by atoms with Gasteiger partial charge in [0.15, 0.2) is 0 Å². The Kier molecular flexibility index (Phi) is 6.18. The lowest BCUT2D eigenvalue weighted by Gasteiger charge is -2.17.